The maximum Gasteiger partial charge on any atom is 0.337 e. The van der Waals surface area contributed by atoms with Crippen LogP contribution in [0.3, 0.4) is 0 Å². The van der Waals surface area contributed by atoms with Crippen molar-refractivity contribution in [2.75, 3.05) is 0 Å². The summed E-state index contributed by atoms with van der Waals surface area (Å²) in [7, 11) is 0. The minimum atomic E-state index is -0.994. The Morgan fingerprint density at radius 1 is 1.31 bits per heavy atom. The van der Waals surface area contributed by atoms with Crippen molar-refractivity contribution < 1.29 is 9.90 Å². The average Bonchev–Trinajstić information content (AvgIpc) is 2.63. The first kappa shape index (κ1) is 11.2. The van der Waals surface area contributed by atoms with Crippen molar-refractivity contribution in [3.63, 3.8) is 0 Å². The molecule has 16 heavy (non-hydrogen) atoms. The number of halogens is 1. The maximum atomic E-state index is 11.2. The fourth-order valence-corrected chi connectivity index (χ4v) is 2.60. The summed E-state index contributed by atoms with van der Waals surface area (Å²) in [5, 5.41) is 11.4. The van der Waals surface area contributed by atoms with Gasteiger partial charge in [-0.2, -0.15) is 0 Å². The Kier molecular flexibility index (Phi) is 2.99. The summed E-state index contributed by atoms with van der Waals surface area (Å²) < 4.78 is 0. The van der Waals surface area contributed by atoms with Crippen LogP contribution in [-0.4, -0.2) is 11.1 Å². The third-order valence-electron chi connectivity index (χ3n) is 2.38. The Labute approximate surface area is 102 Å². The Bertz CT molecular complexity index is 546. The Morgan fingerprint density at radius 2 is 2.06 bits per heavy atom. The number of hydrogen-bond acceptors (Lipinski definition) is 2. The molecule has 1 aromatic carbocycles. The molecular formula is C12H9ClO2S. The van der Waals surface area contributed by atoms with Crippen LogP contribution in [0.4, 0.5) is 0 Å². The topological polar surface area (TPSA) is 37.3 Å². The van der Waals surface area contributed by atoms with E-state index < -0.39 is 5.97 Å². The van der Waals surface area contributed by atoms with Crippen LogP contribution in [0.2, 0.25) is 5.02 Å². The molecular weight excluding hydrogens is 244 g/mol. The highest BCUT2D eigenvalue weighted by Crippen LogP contribution is 2.33. The van der Waals surface area contributed by atoms with Crippen molar-refractivity contribution in [2.24, 2.45) is 0 Å². The van der Waals surface area contributed by atoms with E-state index in [-0.39, 0.29) is 10.6 Å². The number of aromatic carboxylic acids is 1. The highest BCUT2D eigenvalue weighted by atomic mass is 35.5. The molecule has 0 amide bonds. The Balaban J connectivity index is 2.70. The molecule has 1 heterocycles. The highest BCUT2D eigenvalue weighted by molar-refractivity contribution is 7.10. The largest absolute Gasteiger partial charge is 0.478 e. The average molecular weight is 253 g/mol. The normalized spacial score (nSPS) is 10.4. The number of carboxylic acid groups (broad SMARTS) is 1. The van der Waals surface area contributed by atoms with Gasteiger partial charge in [-0.1, -0.05) is 23.7 Å². The third kappa shape index (κ3) is 1.84. The molecule has 0 unspecified atom stereocenters. The van der Waals surface area contributed by atoms with Crippen molar-refractivity contribution in [1.29, 1.82) is 0 Å². The van der Waals surface area contributed by atoms with Gasteiger partial charge >= 0.3 is 5.97 Å². The smallest absolute Gasteiger partial charge is 0.337 e. The summed E-state index contributed by atoms with van der Waals surface area (Å²) in [5.41, 5.74) is 1.79. The van der Waals surface area contributed by atoms with Gasteiger partial charge in [-0.15, -0.1) is 11.3 Å². The molecule has 0 aliphatic heterocycles. The summed E-state index contributed by atoms with van der Waals surface area (Å²) >= 11 is 7.51. The molecule has 1 N–H and O–H groups in total. The molecule has 0 atom stereocenters. The molecule has 0 aliphatic rings. The monoisotopic (exact) mass is 252 g/mol. The molecule has 2 rings (SSSR count). The second kappa shape index (κ2) is 4.28. The van der Waals surface area contributed by atoms with Gasteiger partial charge in [0.25, 0.3) is 0 Å². The van der Waals surface area contributed by atoms with Gasteiger partial charge < -0.3 is 5.11 Å². The molecule has 1 aromatic heterocycles. The second-order valence-corrected chi connectivity index (χ2v) is 4.89. The van der Waals surface area contributed by atoms with Gasteiger partial charge in [-0.25, -0.2) is 4.79 Å². The lowest BCUT2D eigenvalue weighted by Crippen LogP contribution is -2.00. The van der Waals surface area contributed by atoms with E-state index in [4.69, 9.17) is 16.7 Å². The van der Waals surface area contributed by atoms with Crippen LogP contribution in [0.5, 0.6) is 0 Å². The fraction of sp³-hybridized carbons (Fsp3) is 0.0833. The van der Waals surface area contributed by atoms with Crippen LogP contribution >= 0.6 is 22.9 Å². The molecule has 0 radical (unpaired) electrons. The lowest BCUT2D eigenvalue weighted by atomic mass is 10.0. The molecule has 0 aliphatic carbocycles. The molecule has 82 valence electrons. The summed E-state index contributed by atoms with van der Waals surface area (Å²) in [4.78, 5) is 12.3. The van der Waals surface area contributed by atoms with Crippen molar-refractivity contribution >= 4 is 28.9 Å². The first-order valence-electron chi connectivity index (χ1n) is 4.67. The van der Waals surface area contributed by atoms with E-state index in [0.717, 1.165) is 10.4 Å². The van der Waals surface area contributed by atoms with Gasteiger partial charge in [0, 0.05) is 4.88 Å². The molecule has 0 saturated heterocycles. The number of benzene rings is 1. The van der Waals surface area contributed by atoms with Crippen LogP contribution in [-0.2, 0) is 0 Å². The molecule has 2 nitrogen and oxygen atoms in total. The van der Waals surface area contributed by atoms with Gasteiger partial charge in [0.05, 0.1) is 10.6 Å². The summed E-state index contributed by atoms with van der Waals surface area (Å²) in [6.07, 6.45) is 0. The van der Waals surface area contributed by atoms with Crippen LogP contribution in [0.1, 0.15) is 15.2 Å². The van der Waals surface area contributed by atoms with E-state index in [1.807, 2.05) is 18.4 Å². The fourth-order valence-electron chi connectivity index (χ4n) is 1.63. The molecule has 4 heteroatoms. The number of carbonyl (C=O) groups is 1. The molecule has 0 bridgehead atoms. The van der Waals surface area contributed by atoms with Gasteiger partial charge in [-0.05, 0) is 35.6 Å². The zero-order valence-electron chi connectivity index (χ0n) is 8.53. The zero-order valence-corrected chi connectivity index (χ0v) is 10.1. The molecule has 2 aromatic rings. The summed E-state index contributed by atoms with van der Waals surface area (Å²) in [6, 6.07) is 7.06. The third-order valence-corrected chi connectivity index (χ3v) is 3.54. The molecule has 0 fully saturated rings. The lowest BCUT2D eigenvalue weighted by Gasteiger charge is -2.07. The van der Waals surface area contributed by atoms with Gasteiger partial charge in [-0.3, -0.25) is 0 Å². The van der Waals surface area contributed by atoms with Crippen LogP contribution in [0.25, 0.3) is 11.1 Å². The van der Waals surface area contributed by atoms with Gasteiger partial charge in [0.2, 0.25) is 0 Å². The van der Waals surface area contributed by atoms with Gasteiger partial charge in [0.15, 0.2) is 0 Å². The van der Waals surface area contributed by atoms with E-state index >= 15 is 0 Å². The number of rotatable bonds is 2. The summed E-state index contributed by atoms with van der Waals surface area (Å²) in [6.45, 7) is 1.96. The van der Waals surface area contributed by atoms with Crippen LogP contribution in [0.15, 0.2) is 29.6 Å². The predicted octanol–water partition coefficient (Wildman–Crippen LogP) is 4.08. The van der Waals surface area contributed by atoms with Crippen molar-refractivity contribution in [2.45, 2.75) is 6.92 Å². The predicted molar refractivity (Wildman–Crippen MR) is 66.5 cm³/mol. The number of aryl methyl sites for hydroxylation is 1. The van der Waals surface area contributed by atoms with E-state index in [2.05, 4.69) is 0 Å². The van der Waals surface area contributed by atoms with Crippen LogP contribution < -0.4 is 0 Å². The van der Waals surface area contributed by atoms with Crippen molar-refractivity contribution in [3.8, 4) is 11.1 Å². The molecule has 0 spiro atoms. The first-order valence-corrected chi connectivity index (χ1v) is 5.93. The standard InChI is InChI=1S/C12H9ClO2S/c1-7-8(5-6-16-7)9-3-2-4-10(13)11(9)12(14)15/h2-6H,1H3,(H,14,15). The summed E-state index contributed by atoms with van der Waals surface area (Å²) in [5.74, 6) is -0.994. The maximum absolute atomic E-state index is 11.2. The van der Waals surface area contributed by atoms with E-state index in [9.17, 15) is 4.79 Å². The quantitative estimate of drug-likeness (QED) is 0.875. The minimum absolute atomic E-state index is 0.172. The van der Waals surface area contributed by atoms with Crippen molar-refractivity contribution in [3.05, 3.63) is 45.1 Å². The van der Waals surface area contributed by atoms with E-state index in [1.54, 1.807) is 29.5 Å². The Hall–Kier alpha value is -1.32. The zero-order chi connectivity index (χ0) is 11.7. The van der Waals surface area contributed by atoms with Crippen molar-refractivity contribution in [1.82, 2.24) is 0 Å². The second-order valence-electron chi connectivity index (χ2n) is 3.36. The Morgan fingerprint density at radius 3 is 2.62 bits per heavy atom. The number of hydrogen-bond donors (Lipinski definition) is 1. The van der Waals surface area contributed by atoms with Gasteiger partial charge in [0.1, 0.15) is 0 Å². The SMILES string of the molecule is Cc1sccc1-c1cccc(Cl)c1C(=O)O. The van der Waals surface area contributed by atoms with E-state index in [1.165, 1.54) is 0 Å². The number of carboxylic acids is 1. The van der Waals surface area contributed by atoms with Crippen LogP contribution in [0, 0.1) is 6.92 Å². The highest BCUT2D eigenvalue weighted by Gasteiger charge is 2.16. The number of thiophene rings is 1. The van der Waals surface area contributed by atoms with E-state index in [0.29, 0.717) is 5.56 Å². The first-order chi connectivity index (χ1) is 7.61. The molecule has 0 saturated carbocycles. The minimum Gasteiger partial charge on any atom is -0.478 e. The lowest BCUT2D eigenvalue weighted by molar-refractivity contribution is 0.0698.